The molecular formula is C11H13BrN2O. The van der Waals surface area contributed by atoms with Crippen LogP contribution in [-0.2, 0) is 6.54 Å². The molecular weight excluding hydrogens is 256 g/mol. The Kier molecular flexibility index (Phi) is 2.71. The molecule has 0 amide bonds. The molecule has 0 aliphatic carbocycles. The van der Waals surface area contributed by atoms with Crippen molar-refractivity contribution in [1.82, 2.24) is 9.88 Å². The number of H-pyrrole nitrogens is 1. The summed E-state index contributed by atoms with van der Waals surface area (Å²) in [5.74, 6) is 0.276. The molecule has 0 aliphatic rings. The van der Waals surface area contributed by atoms with Crippen LogP contribution in [0.1, 0.15) is 5.69 Å². The first-order chi connectivity index (χ1) is 7.06. The van der Waals surface area contributed by atoms with Gasteiger partial charge in [0, 0.05) is 23.1 Å². The number of hydrogen-bond acceptors (Lipinski definition) is 2. The van der Waals surface area contributed by atoms with Gasteiger partial charge in [-0.1, -0.05) is 0 Å². The number of fused-ring (bicyclic) bond motifs is 1. The Hall–Kier alpha value is -1.00. The topological polar surface area (TPSA) is 39.3 Å². The lowest BCUT2D eigenvalue weighted by Gasteiger charge is -2.06. The molecule has 0 saturated heterocycles. The van der Waals surface area contributed by atoms with Crippen LogP contribution in [0, 0.1) is 0 Å². The third-order valence-electron chi connectivity index (χ3n) is 2.23. The maximum Gasteiger partial charge on any atom is 0.130 e. The lowest BCUT2D eigenvalue weighted by atomic mass is 10.2. The second-order valence-electron chi connectivity index (χ2n) is 3.92. The van der Waals surface area contributed by atoms with Crippen LogP contribution >= 0.6 is 15.9 Å². The second kappa shape index (κ2) is 3.87. The SMILES string of the molecule is CN(C)Cc1cc2cc(O)c(Br)cc2[nH]1. The smallest absolute Gasteiger partial charge is 0.130 e. The van der Waals surface area contributed by atoms with Crippen molar-refractivity contribution in [3.05, 3.63) is 28.4 Å². The van der Waals surface area contributed by atoms with Gasteiger partial charge in [0.2, 0.25) is 0 Å². The monoisotopic (exact) mass is 268 g/mol. The van der Waals surface area contributed by atoms with Crippen molar-refractivity contribution < 1.29 is 5.11 Å². The number of aromatic nitrogens is 1. The van der Waals surface area contributed by atoms with Gasteiger partial charge in [0.1, 0.15) is 5.75 Å². The summed E-state index contributed by atoms with van der Waals surface area (Å²) in [5, 5.41) is 10.6. The Bertz CT molecular complexity index is 452. The van der Waals surface area contributed by atoms with E-state index in [1.807, 2.05) is 20.2 Å². The number of phenolic OH excluding ortho intramolecular Hbond substituents is 1. The van der Waals surface area contributed by atoms with Crippen LogP contribution in [0.4, 0.5) is 0 Å². The Labute approximate surface area is 96.8 Å². The molecule has 2 aromatic rings. The van der Waals surface area contributed by atoms with Gasteiger partial charge in [0.05, 0.1) is 4.47 Å². The quantitative estimate of drug-likeness (QED) is 0.879. The zero-order valence-corrected chi connectivity index (χ0v) is 10.3. The molecule has 2 N–H and O–H groups in total. The average molecular weight is 269 g/mol. The molecule has 4 heteroatoms. The fourth-order valence-electron chi connectivity index (χ4n) is 1.63. The highest BCUT2D eigenvalue weighted by atomic mass is 79.9. The number of aromatic amines is 1. The maximum atomic E-state index is 9.54. The normalized spacial score (nSPS) is 11.5. The predicted molar refractivity (Wildman–Crippen MR) is 65.1 cm³/mol. The zero-order valence-electron chi connectivity index (χ0n) is 8.71. The first-order valence-electron chi connectivity index (χ1n) is 4.71. The summed E-state index contributed by atoms with van der Waals surface area (Å²) in [6.45, 7) is 0.868. The Balaban J connectivity index is 2.47. The third-order valence-corrected chi connectivity index (χ3v) is 2.87. The van der Waals surface area contributed by atoms with E-state index in [9.17, 15) is 5.11 Å². The Morgan fingerprint density at radius 2 is 2.07 bits per heavy atom. The molecule has 80 valence electrons. The van der Waals surface area contributed by atoms with Crippen LogP contribution in [0.3, 0.4) is 0 Å². The fraction of sp³-hybridized carbons (Fsp3) is 0.273. The molecule has 0 aliphatic heterocycles. The van der Waals surface area contributed by atoms with E-state index in [1.165, 1.54) is 0 Å². The number of benzene rings is 1. The minimum absolute atomic E-state index is 0.276. The lowest BCUT2D eigenvalue weighted by molar-refractivity contribution is 0.398. The summed E-state index contributed by atoms with van der Waals surface area (Å²) in [6, 6.07) is 5.71. The average Bonchev–Trinajstić information content (AvgIpc) is 2.46. The van der Waals surface area contributed by atoms with E-state index in [2.05, 4.69) is 31.9 Å². The third kappa shape index (κ3) is 2.16. The summed E-state index contributed by atoms with van der Waals surface area (Å²) in [5.41, 5.74) is 2.18. The summed E-state index contributed by atoms with van der Waals surface area (Å²) >= 11 is 3.30. The van der Waals surface area contributed by atoms with Gasteiger partial charge >= 0.3 is 0 Å². The van der Waals surface area contributed by atoms with Crippen LogP contribution in [0.25, 0.3) is 10.9 Å². The van der Waals surface area contributed by atoms with Crippen molar-refractivity contribution in [2.75, 3.05) is 14.1 Å². The molecule has 15 heavy (non-hydrogen) atoms. The number of hydrogen-bond donors (Lipinski definition) is 2. The summed E-state index contributed by atoms with van der Waals surface area (Å²) in [7, 11) is 4.05. The molecule has 0 bridgehead atoms. The number of phenols is 1. The minimum atomic E-state index is 0.276. The van der Waals surface area contributed by atoms with Crippen LogP contribution in [-0.4, -0.2) is 29.1 Å². The van der Waals surface area contributed by atoms with Crippen molar-refractivity contribution in [2.45, 2.75) is 6.54 Å². The molecule has 1 aromatic heterocycles. The molecule has 1 aromatic carbocycles. The Morgan fingerprint density at radius 3 is 2.73 bits per heavy atom. The van der Waals surface area contributed by atoms with Crippen molar-refractivity contribution in [1.29, 1.82) is 0 Å². The van der Waals surface area contributed by atoms with E-state index >= 15 is 0 Å². The first-order valence-corrected chi connectivity index (χ1v) is 5.50. The van der Waals surface area contributed by atoms with E-state index < -0.39 is 0 Å². The Morgan fingerprint density at radius 1 is 1.33 bits per heavy atom. The van der Waals surface area contributed by atoms with Gasteiger partial charge in [-0.25, -0.2) is 0 Å². The van der Waals surface area contributed by atoms with Crippen LogP contribution in [0.2, 0.25) is 0 Å². The van der Waals surface area contributed by atoms with Crippen LogP contribution < -0.4 is 0 Å². The van der Waals surface area contributed by atoms with Gasteiger partial charge in [-0.05, 0) is 48.2 Å². The van der Waals surface area contributed by atoms with Crippen LogP contribution in [0.15, 0.2) is 22.7 Å². The van der Waals surface area contributed by atoms with Crippen LogP contribution in [0.5, 0.6) is 5.75 Å². The molecule has 1 heterocycles. The standard InChI is InChI=1S/C11H13BrN2O/c1-14(2)6-8-3-7-4-11(15)9(12)5-10(7)13-8/h3-5,13,15H,6H2,1-2H3. The molecule has 0 atom stereocenters. The molecule has 0 saturated carbocycles. The van der Waals surface area contributed by atoms with Gasteiger partial charge in [-0.3, -0.25) is 0 Å². The highest BCUT2D eigenvalue weighted by Gasteiger charge is 2.05. The zero-order chi connectivity index (χ0) is 11.0. The lowest BCUT2D eigenvalue weighted by Crippen LogP contribution is -2.10. The number of rotatable bonds is 2. The molecule has 0 fully saturated rings. The fourth-order valence-corrected chi connectivity index (χ4v) is 1.97. The van der Waals surface area contributed by atoms with Crippen molar-refractivity contribution in [3.63, 3.8) is 0 Å². The van der Waals surface area contributed by atoms with Gasteiger partial charge in [0.25, 0.3) is 0 Å². The number of nitrogens with zero attached hydrogens (tertiary/aromatic N) is 1. The van der Waals surface area contributed by atoms with Gasteiger partial charge in [-0.2, -0.15) is 0 Å². The van der Waals surface area contributed by atoms with E-state index in [0.717, 1.165) is 23.1 Å². The maximum absolute atomic E-state index is 9.54. The van der Waals surface area contributed by atoms with Gasteiger partial charge < -0.3 is 15.0 Å². The van der Waals surface area contributed by atoms with E-state index in [1.54, 1.807) is 6.07 Å². The minimum Gasteiger partial charge on any atom is -0.507 e. The summed E-state index contributed by atoms with van der Waals surface area (Å²) < 4.78 is 0.716. The number of halogens is 1. The molecule has 2 rings (SSSR count). The summed E-state index contributed by atoms with van der Waals surface area (Å²) in [4.78, 5) is 5.41. The molecule has 3 nitrogen and oxygen atoms in total. The second-order valence-corrected chi connectivity index (χ2v) is 4.78. The van der Waals surface area contributed by atoms with Gasteiger partial charge in [0.15, 0.2) is 0 Å². The van der Waals surface area contributed by atoms with E-state index in [-0.39, 0.29) is 5.75 Å². The molecule has 0 spiro atoms. The number of nitrogens with one attached hydrogen (secondary N) is 1. The molecule has 0 unspecified atom stereocenters. The predicted octanol–water partition coefficient (Wildman–Crippen LogP) is 2.70. The highest BCUT2D eigenvalue weighted by Crippen LogP contribution is 2.29. The van der Waals surface area contributed by atoms with Crippen molar-refractivity contribution in [2.24, 2.45) is 0 Å². The van der Waals surface area contributed by atoms with E-state index in [0.29, 0.717) is 4.47 Å². The first kappa shape index (κ1) is 10.5. The molecule has 0 radical (unpaired) electrons. The van der Waals surface area contributed by atoms with Crippen molar-refractivity contribution in [3.8, 4) is 5.75 Å². The van der Waals surface area contributed by atoms with E-state index in [4.69, 9.17) is 0 Å². The highest BCUT2D eigenvalue weighted by molar-refractivity contribution is 9.10. The number of aromatic hydroxyl groups is 1. The van der Waals surface area contributed by atoms with Crippen molar-refractivity contribution >= 4 is 26.8 Å². The summed E-state index contributed by atoms with van der Waals surface area (Å²) in [6.07, 6.45) is 0. The van der Waals surface area contributed by atoms with Gasteiger partial charge in [-0.15, -0.1) is 0 Å². The largest absolute Gasteiger partial charge is 0.507 e.